The minimum absolute atomic E-state index is 0.117. The zero-order valence-electron chi connectivity index (χ0n) is 12.4. The first kappa shape index (κ1) is 15.8. The van der Waals surface area contributed by atoms with Crippen molar-refractivity contribution in [1.82, 2.24) is 4.98 Å². The van der Waals surface area contributed by atoms with Gasteiger partial charge >= 0.3 is 5.97 Å². The van der Waals surface area contributed by atoms with Gasteiger partial charge in [0.05, 0.1) is 18.8 Å². The molecule has 6 heteroatoms. The molecule has 3 rings (SSSR count). The predicted octanol–water partition coefficient (Wildman–Crippen LogP) is 3.52. The Balaban J connectivity index is 1.90. The van der Waals surface area contributed by atoms with E-state index in [1.54, 1.807) is 18.2 Å². The Kier molecular flexibility index (Phi) is 4.79. The Morgan fingerprint density at radius 3 is 2.83 bits per heavy atom. The zero-order valence-corrected chi connectivity index (χ0v) is 13.1. The fourth-order valence-corrected chi connectivity index (χ4v) is 2.56. The predicted molar refractivity (Wildman–Crippen MR) is 86.1 cm³/mol. The molecule has 1 aliphatic heterocycles. The molecule has 2 aromatic rings. The molecule has 0 radical (unpaired) electrons. The third kappa shape index (κ3) is 3.81. The van der Waals surface area contributed by atoms with E-state index in [1.165, 1.54) is 6.20 Å². The molecule has 0 spiro atoms. The molecule has 1 fully saturated rings. The van der Waals surface area contributed by atoms with Crippen LogP contribution in [0.2, 0.25) is 5.02 Å². The second-order valence-corrected chi connectivity index (χ2v) is 5.87. The van der Waals surface area contributed by atoms with E-state index in [0.29, 0.717) is 35.6 Å². The Hall–Kier alpha value is -2.11. The van der Waals surface area contributed by atoms with Crippen molar-refractivity contribution in [1.29, 1.82) is 0 Å². The summed E-state index contributed by atoms with van der Waals surface area (Å²) in [6.07, 6.45) is 2.27. The lowest BCUT2D eigenvalue weighted by Gasteiger charge is -2.14. The number of aromatic nitrogens is 1. The van der Waals surface area contributed by atoms with E-state index < -0.39 is 5.97 Å². The van der Waals surface area contributed by atoms with Crippen molar-refractivity contribution in [3.63, 3.8) is 0 Å². The molecule has 1 N–H and O–H groups in total. The molecule has 1 aliphatic rings. The van der Waals surface area contributed by atoms with Crippen molar-refractivity contribution < 1.29 is 19.4 Å². The highest BCUT2D eigenvalue weighted by Gasteiger charge is 2.18. The summed E-state index contributed by atoms with van der Waals surface area (Å²) >= 11 is 5.91. The summed E-state index contributed by atoms with van der Waals surface area (Å²) in [4.78, 5) is 15.4. The third-order valence-corrected chi connectivity index (χ3v) is 3.99. The molecule has 0 aliphatic carbocycles. The molecule has 1 aromatic heterocycles. The molecule has 23 heavy (non-hydrogen) atoms. The number of benzene rings is 1. The highest BCUT2D eigenvalue weighted by Crippen LogP contribution is 2.30. The molecule has 0 saturated carbocycles. The van der Waals surface area contributed by atoms with Crippen LogP contribution in [0.4, 0.5) is 0 Å². The lowest BCUT2D eigenvalue weighted by atomic mass is 10.1. The first-order valence-electron chi connectivity index (χ1n) is 7.33. The lowest BCUT2D eigenvalue weighted by molar-refractivity contribution is 0.0696. The molecule has 5 nitrogen and oxygen atoms in total. The molecule has 1 aromatic carbocycles. The number of carboxylic acid groups (broad SMARTS) is 1. The number of rotatable bonds is 5. The van der Waals surface area contributed by atoms with Gasteiger partial charge in [0.2, 0.25) is 5.88 Å². The Bertz CT molecular complexity index is 696. The fraction of sp³-hybridized carbons (Fsp3) is 0.294. The van der Waals surface area contributed by atoms with Gasteiger partial charge in [-0.3, -0.25) is 0 Å². The van der Waals surface area contributed by atoms with Crippen LogP contribution in [-0.4, -0.2) is 35.9 Å². The average molecular weight is 334 g/mol. The summed E-state index contributed by atoms with van der Waals surface area (Å²) in [5, 5.41) is 9.79. The van der Waals surface area contributed by atoms with Gasteiger partial charge < -0.3 is 14.6 Å². The summed E-state index contributed by atoms with van der Waals surface area (Å²) in [5.74, 6) is -0.262. The molecule has 2 heterocycles. The number of hydrogen-bond acceptors (Lipinski definition) is 4. The fourth-order valence-electron chi connectivity index (χ4n) is 2.43. The Labute approximate surface area is 138 Å². The van der Waals surface area contributed by atoms with E-state index in [0.717, 1.165) is 18.6 Å². The van der Waals surface area contributed by atoms with Gasteiger partial charge in [-0.1, -0.05) is 23.7 Å². The Morgan fingerprint density at radius 1 is 1.39 bits per heavy atom. The van der Waals surface area contributed by atoms with Crippen molar-refractivity contribution in [2.45, 2.75) is 6.42 Å². The monoisotopic (exact) mass is 333 g/mol. The molecular formula is C17H16ClNO4. The lowest BCUT2D eigenvalue weighted by Crippen LogP contribution is -2.13. The molecule has 0 unspecified atom stereocenters. The maximum Gasteiger partial charge on any atom is 0.337 e. The minimum Gasteiger partial charge on any atom is -0.478 e. The van der Waals surface area contributed by atoms with E-state index >= 15 is 0 Å². The van der Waals surface area contributed by atoms with E-state index in [9.17, 15) is 9.90 Å². The van der Waals surface area contributed by atoms with Gasteiger partial charge in [-0.2, -0.15) is 0 Å². The summed E-state index contributed by atoms with van der Waals surface area (Å²) in [7, 11) is 0. The van der Waals surface area contributed by atoms with Crippen LogP contribution in [0.5, 0.6) is 5.88 Å². The van der Waals surface area contributed by atoms with Crippen LogP contribution in [0.3, 0.4) is 0 Å². The molecule has 120 valence electrons. The third-order valence-electron chi connectivity index (χ3n) is 3.73. The minimum atomic E-state index is -1.02. The van der Waals surface area contributed by atoms with Crippen molar-refractivity contribution in [2.24, 2.45) is 5.92 Å². The van der Waals surface area contributed by atoms with Gasteiger partial charge in [-0.25, -0.2) is 9.78 Å². The number of carboxylic acids is 1. The van der Waals surface area contributed by atoms with Gasteiger partial charge in [-0.05, 0) is 30.2 Å². The van der Waals surface area contributed by atoms with E-state index in [4.69, 9.17) is 21.1 Å². The van der Waals surface area contributed by atoms with Gasteiger partial charge in [0.25, 0.3) is 0 Å². The van der Waals surface area contributed by atoms with Crippen LogP contribution >= 0.6 is 11.6 Å². The highest BCUT2D eigenvalue weighted by atomic mass is 35.5. The average Bonchev–Trinajstić information content (AvgIpc) is 3.07. The SMILES string of the molecule is O=C(O)c1cnc(OC[C@H]2CCOC2)c(-c2ccc(Cl)cc2)c1. The molecule has 0 bridgehead atoms. The van der Waals surface area contributed by atoms with Crippen LogP contribution in [0.1, 0.15) is 16.8 Å². The quantitative estimate of drug-likeness (QED) is 0.906. The topological polar surface area (TPSA) is 68.7 Å². The van der Waals surface area contributed by atoms with Crippen LogP contribution in [0.25, 0.3) is 11.1 Å². The van der Waals surface area contributed by atoms with Crippen LogP contribution < -0.4 is 4.74 Å². The van der Waals surface area contributed by atoms with Crippen molar-refractivity contribution in [3.8, 4) is 17.0 Å². The van der Waals surface area contributed by atoms with E-state index in [1.807, 2.05) is 12.1 Å². The second-order valence-electron chi connectivity index (χ2n) is 5.43. The molecule has 0 amide bonds. The standard InChI is InChI=1S/C17H16ClNO4/c18-14-3-1-12(2-4-14)15-7-13(17(20)21)8-19-16(15)23-10-11-5-6-22-9-11/h1-4,7-8,11H,5-6,9-10H2,(H,20,21)/t11-/m0/s1. The van der Waals surface area contributed by atoms with E-state index in [-0.39, 0.29) is 5.56 Å². The maximum absolute atomic E-state index is 11.2. The molecule has 1 atom stereocenters. The smallest absolute Gasteiger partial charge is 0.337 e. The van der Waals surface area contributed by atoms with Gasteiger partial charge in [-0.15, -0.1) is 0 Å². The molecule has 1 saturated heterocycles. The number of aromatic carboxylic acids is 1. The summed E-state index contributed by atoms with van der Waals surface area (Å²) in [6.45, 7) is 1.94. The highest BCUT2D eigenvalue weighted by molar-refractivity contribution is 6.30. The number of hydrogen-bond donors (Lipinski definition) is 1. The van der Waals surface area contributed by atoms with Crippen molar-refractivity contribution in [3.05, 3.63) is 47.1 Å². The number of carbonyl (C=O) groups is 1. The summed E-state index contributed by atoms with van der Waals surface area (Å²) < 4.78 is 11.2. The zero-order chi connectivity index (χ0) is 16.2. The van der Waals surface area contributed by atoms with Crippen LogP contribution in [-0.2, 0) is 4.74 Å². The number of halogens is 1. The maximum atomic E-state index is 11.2. The first-order chi connectivity index (χ1) is 11.1. The number of nitrogens with zero attached hydrogens (tertiary/aromatic N) is 1. The number of pyridine rings is 1. The molecular weight excluding hydrogens is 318 g/mol. The van der Waals surface area contributed by atoms with Crippen molar-refractivity contribution >= 4 is 17.6 Å². The van der Waals surface area contributed by atoms with Gasteiger partial charge in [0.15, 0.2) is 0 Å². The van der Waals surface area contributed by atoms with Gasteiger partial charge in [0.1, 0.15) is 0 Å². The second kappa shape index (κ2) is 6.98. The van der Waals surface area contributed by atoms with Gasteiger partial charge in [0, 0.05) is 29.3 Å². The van der Waals surface area contributed by atoms with Crippen LogP contribution in [0, 0.1) is 5.92 Å². The van der Waals surface area contributed by atoms with Crippen LogP contribution in [0.15, 0.2) is 36.5 Å². The number of ether oxygens (including phenoxy) is 2. The summed E-state index contributed by atoms with van der Waals surface area (Å²) in [6, 6.07) is 8.70. The largest absolute Gasteiger partial charge is 0.478 e. The first-order valence-corrected chi connectivity index (χ1v) is 7.71. The summed E-state index contributed by atoms with van der Waals surface area (Å²) in [5.41, 5.74) is 1.56. The van der Waals surface area contributed by atoms with Crippen molar-refractivity contribution in [2.75, 3.05) is 19.8 Å². The Morgan fingerprint density at radius 2 is 2.17 bits per heavy atom. The normalized spacial score (nSPS) is 17.2. The van der Waals surface area contributed by atoms with E-state index in [2.05, 4.69) is 4.98 Å².